The van der Waals surface area contributed by atoms with Gasteiger partial charge in [0.05, 0.1) is 0 Å². The molecular weight excluding hydrogens is 206 g/mol. The highest BCUT2D eigenvalue weighted by Gasteiger charge is 2.15. The molecule has 0 saturated carbocycles. The van der Waals surface area contributed by atoms with Crippen LogP contribution in [0, 0.1) is 5.92 Å². The van der Waals surface area contributed by atoms with Crippen LogP contribution in [0.3, 0.4) is 0 Å². The quantitative estimate of drug-likeness (QED) is 0.806. The Morgan fingerprint density at radius 2 is 1.93 bits per heavy atom. The number of nitrogens with one attached hydrogen (secondary N) is 1. The van der Waals surface area contributed by atoms with Gasteiger partial charge in [0.15, 0.2) is 0 Å². The average molecular weight is 226 g/mol. The fourth-order valence-electron chi connectivity index (χ4n) is 1.70. The lowest BCUT2D eigenvalue weighted by molar-refractivity contribution is 0.454. The Morgan fingerprint density at radius 1 is 1.27 bits per heavy atom. The Kier molecular flexibility index (Phi) is 5.13. The van der Waals surface area contributed by atoms with E-state index in [2.05, 4.69) is 38.2 Å². The van der Waals surface area contributed by atoms with Gasteiger partial charge in [0, 0.05) is 5.02 Å². The molecule has 0 aliphatic heterocycles. The van der Waals surface area contributed by atoms with Crippen molar-refractivity contribution in [1.29, 1.82) is 0 Å². The third kappa shape index (κ3) is 3.51. The number of halogens is 1. The molecule has 1 aromatic carbocycles. The maximum Gasteiger partial charge on any atom is 0.0440 e. The molecule has 0 aliphatic rings. The molecule has 15 heavy (non-hydrogen) atoms. The second-order valence-electron chi connectivity index (χ2n) is 4.10. The zero-order valence-electron chi connectivity index (χ0n) is 9.76. The summed E-state index contributed by atoms with van der Waals surface area (Å²) in [6, 6.07) is 8.12. The minimum Gasteiger partial charge on any atom is -0.317 e. The lowest BCUT2D eigenvalue weighted by Crippen LogP contribution is -2.24. The van der Waals surface area contributed by atoms with Gasteiger partial charge in [-0.2, -0.15) is 0 Å². The Balaban J connectivity index is 2.67. The van der Waals surface area contributed by atoms with E-state index in [1.54, 1.807) is 0 Å². The second kappa shape index (κ2) is 6.14. The molecule has 0 amide bonds. The summed E-state index contributed by atoms with van der Waals surface area (Å²) >= 11 is 6.18. The molecule has 0 heterocycles. The van der Waals surface area contributed by atoms with Crippen molar-refractivity contribution in [3.05, 3.63) is 34.9 Å². The largest absolute Gasteiger partial charge is 0.317 e. The lowest BCUT2D eigenvalue weighted by atomic mass is 9.89. The van der Waals surface area contributed by atoms with Crippen LogP contribution in [0.4, 0.5) is 0 Å². The zero-order chi connectivity index (χ0) is 11.3. The smallest absolute Gasteiger partial charge is 0.0440 e. The SMILES string of the molecule is CCNCC(C)C(C)c1ccccc1Cl. The van der Waals surface area contributed by atoms with Gasteiger partial charge in [-0.25, -0.2) is 0 Å². The van der Waals surface area contributed by atoms with Crippen LogP contribution in [-0.4, -0.2) is 13.1 Å². The number of rotatable bonds is 5. The van der Waals surface area contributed by atoms with Crippen LogP contribution in [0.1, 0.15) is 32.3 Å². The summed E-state index contributed by atoms with van der Waals surface area (Å²) in [5, 5.41) is 4.26. The van der Waals surface area contributed by atoms with Gasteiger partial charge in [-0.05, 0) is 36.6 Å². The third-order valence-corrected chi connectivity index (χ3v) is 3.31. The van der Waals surface area contributed by atoms with Gasteiger partial charge in [-0.3, -0.25) is 0 Å². The van der Waals surface area contributed by atoms with Crippen molar-refractivity contribution in [3.8, 4) is 0 Å². The third-order valence-electron chi connectivity index (χ3n) is 2.97. The van der Waals surface area contributed by atoms with Crippen molar-refractivity contribution in [2.75, 3.05) is 13.1 Å². The zero-order valence-corrected chi connectivity index (χ0v) is 10.5. The van der Waals surface area contributed by atoms with Gasteiger partial charge < -0.3 is 5.32 Å². The van der Waals surface area contributed by atoms with Gasteiger partial charge in [-0.15, -0.1) is 0 Å². The molecule has 2 atom stereocenters. The normalized spacial score (nSPS) is 14.9. The standard InChI is InChI=1S/C13H20ClN/c1-4-15-9-10(2)11(3)12-7-5-6-8-13(12)14/h5-8,10-11,15H,4,9H2,1-3H3. The van der Waals surface area contributed by atoms with Gasteiger partial charge in [0.1, 0.15) is 0 Å². The highest BCUT2D eigenvalue weighted by atomic mass is 35.5. The molecule has 0 bridgehead atoms. The predicted molar refractivity (Wildman–Crippen MR) is 67.6 cm³/mol. The fourth-order valence-corrected chi connectivity index (χ4v) is 2.01. The first kappa shape index (κ1) is 12.5. The van der Waals surface area contributed by atoms with Crippen LogP contribution in [0.15, 0.2) is 24.3 Å². The molecule has 0 aromatic heterocycles. The molecule has 0 spiro atoms. The Labute approximate surface area is 97.8 Å². The number of benzene rings is 1. The van der Waals surface area contributed by atoms with E-state index in [0.717, 1.165) is 18.1 Å². The number of hydrogen-bond acceptors (Lipinski definition) is 1. The molecular formula is C13H20ClN. The van der Waals surface area contributed by atoms with Gasteiger partial charge in [0.25, 0.3) is 0 Å². The molecule has 0 aliphatic carbocycles. The van der Waals surface area contributed by atoms with Crippen molar-refractivity contribution < 1.29 is 0 Å². The van der Waals surface area contributed by atoms with Crippen LogP contribution in [0.2, 0.25) is 5.02 Å². The topological polar surface area (TPSA) is 12.0 Å². The molecule has 1 rings (SSSR count). The maximum atomic E-state index is 6.18. The van der Waals surface area contributed by atoms with E-state index >= 15 is 0 Å². The van der Waals surface area contributed by atoms with Crippen molar-refractivity contribution in [2.24, 2.45) is 5.92 Å². The van der Waals surface area contributed by atoms with Crippen molar-refractivity contribution in [3.63, 3.8) is 0 Å². The number of hydrogen-bond donors (Lipinski definition) is 1. The van der Waals surface area contributed by atoms with E-state index in [1.165, 1.54) is 5.56 Å². The highest BCUT2D eigenvalue weighted by Crippen LogP contribution is 2.29. The first-order chi connectivity index (χ1) is 7.16. The summed E-state index contributed by atoms with van der Waals surface area (Å²) in [6.45, 7) is 8.70. The van der Waals surface area contributed by atoms with Crippen molar-refractivity contribution in [1.82, 2.24) is 5.32 Å². The van der Waals surface area contributed by atoms with Crippen LogP contribution in [-0.2, 0) is 0 Å². The summed E-state index contributed by atoms with van der Waals surface area (Å²) < 4.78 is 0. The van der Waals surface area contributed by atoms with Crippen LogP contribution in [0.5, 0.6) is 0 Å². The van der Waals surface area contributed by atoms with Crippen LogP contribution in [0.25, 0.3) is 0 Å². The molecule has 0 saturated heterocycles. The monoisotopic (exact) mass is 225 g/mol. The van der Waals surface area contributed by atoms with Crippen molar-refractivity contribution >= 4 is 11.6 Å². The molecule has 1 N–H and O–H groups in total. The summed E-state index contributed by atoms with van der Waals surface area (Å²) in [5.41, 5.74) is 1.25. The van der Waals surface area contributed by atoms with E-state index in [-0.39, 0.29) is 0 Å². The average Bonchev–Trinajstić information content (AvgIpc) is 2.25. The van der Waals surface area contributed by atoms with Gasteiger partial charge in [0.2, 0.25) is 0 Å². The molecule has 0 radical (unpaired) electrons. The van der Waals surface area contributed by atoms with E-state index in [4.69, 9.17) is 11.6 Å². The van der Waals surface area contributed by atoms with E-state index in [1.807, 2.05) is 12.1 Å². The van der Waals surface area contributed by atoms with E-state index in [0.29, 0.717) is 11.8 Å². The fraction of sp³-hybridized carbons (Fsp3) is 0.538. The maximum absolute atomic E-state index is 6.18. The minimum atomic E-state index is 0.498. The Bertz CT molecular complexity index is 298. The first-order valence-corrected chi connectivity index (χ1v) is 5.99. The summed E-state index contributed by atoms with van der Waals surface area (Å²) in [6.07, 6.45) is 0. The Morgan fingerprint density at radius 3 is 2.53 bits per heavy atom. The summed E-state index contributed by atoms with van der Waals surface area (Å²) in [5.74, 6) is 1.10. The predicted octanol–water partition coefficient (Wildman–Crippen LogP) is 3.69. The highest BCUT2D eigenvalue weighted by molar-refractivity contribution is 6.31. The van der Waals surface area contributed by atoms with Crippen LogP contribution < -0.4 is 5.32 Å². The first-order valence-electron chi connectivity index (χ1n) is 5.62. The lowest BCUT2D eigenvalue weighted by Gasteiger charge is -2.21. The molecule has 2 heteroatoms. The molecule has 84 valence electrons. The molecule has 1 nitrogen and oxygen atoms in total. The van der Waals surface area contributed by atoms with E-state index < -0.39 is 0 Å². The molecule has 2 unspecified atom stereocenters. The van der Waals surface area contributed by atoms with E-state index in [9.17, 15) is 0 Å². The minimum absolute atomic E-state index is 0.498. The van der Waals surface area contributed by atoms with Crippen molar-refractivity contribution in [2.45, 2.75) is 26.7 Å². The van der Waals surface area contributed by atoms with Gasteiger partial charge >= 0.3 is 0 Å². The Hall–Kier alpha value is -0.530. The summed E-state index contributed by atoms with van der Waals surface area (Å²) in [7, 11) is 0. The molecule has 0 fully saturated rings. The summed E-state index contributed by atoms with van der Waals surface area (Å²) in [4.78, 5) is 0. The van der Waals surface area contributed by atoms with Gasteiger partial charge in [-0.1, -0.05) is 50.6 Å². The molecule has 1 aromatic rings. The second-order valence-corrected chi connectivity index (χ2v) is 4.50. The van der Waals surface area contributed by atoms with Crippen LogP contribution >= 0.6 is 11.6 Å².